The van der Waals surface area contributed by atoms with Gasteiger partial charge < -0.3 is 15.3 Å². The molecule has 0 aromatic carbocycles. The predicted molar refractivity (Wildman–Crippen MR) is 48.8 cm³/mol. The van der Waals surface area contributed by atoms with Gasteiger partial charge in [0.05, 0.1) is 12.1 Å². The highest BCUT2D eigenvalue weighted by Crippen LogP contribution is 2.34. The van der Waals surface area contributed by atoms with Gasteiger partial charge >= 0.3 is 5.97 Å². The minimum absolute atomic E-state index is 0.0546. The van der Waals surface area contributed by atoms with Gasteiger partial charge in [-0.3, -0.25) is 4.79 Å². The molecule has 14 heavy (non-hydrogen) atoms. The number of oxazole rings is 1. The number of fused-ring (bicyclic) bond motifs is 1. The normalized spacial score (nSPS) is 20.4. The van der Waals surface area contributed by atoms with Crippen molar-refractivity contribution in [1.82, 2.24) is 4.98 Å². The first-order valence-corrected chi connectivity index (χ1v) is 4.63. The SMILES string of the molecule is Nc1nc2c(o1)C(CC(=O)O)CCC2. The van der Waals surface area contributed by atoms with Crippen LogP contribution in [0.2, 0.25) is 0 Å². The Morgan fingerprint density at radius 1 is 1.71 bits per heavy atom. The maximum atomic E-state index is 10.6. The Kier molecular flexibility index (Phi) is 2.15. The minimum Gasteiger partial charge on any atom is -0.481 e. The van der Waals surface area contributed by atoms with Gasteiger partial charge in [0, 0.05) is 5.92 Å². The van der Waals surface area contributed by atoms with Crippen molar-refractivity contribution in [3.05, 3.63) is 11.5 Å². The summed E-state index contributed by atoms with van der Waals surface area (Å²) in [5.74, 6) is -0.185. The van der Waals surface area contributed by atoms with E-state index in [1.165, 1.54) is 0 Å². The van der Waals surface area contributed by atoms with Crippen LogP contribution in [0, 0.1) is 0 Å². The molecule has 1 unspecified atom stereocenters. The summed E-state index contributed by atoms with van der Waals surface area (Å²) >= 11 is 0. The van der Waals surface area contributed by atoms with Crippen LogP contribution in [-0.2, 0) is 11.2 Å². The number of anilines is 1. The molecule has 1 aromatic rings. The lowest BCUT2D eigenvalue weighted by Gasteiger charge is -2.17. The third-order valence-electron chi connectivity index (χ3n) is 2.50. The number of rotatable bonds is 2. The summed E-state index contributed by atoms with van der Waals surface area (Å²) in [4.78, 5) is 14.6. The monoisotopic (exact) mass is 196 g/mol. The van der Waals surface area contributed by atoms with Gasteiger partial charge in [-0.1, -0.05) is 0 Å². The second-order valence-electron chi connectivity index (χ2n) is 3.55. The van der Waals surface area contributed by atoms with E-state index in [4.69, 9.17) is 15.3 Å². The number of aromatic nitrogens is 1. The number of carboxylic acids is 1. The summed E-state index contributed by atoms with van der Waals surface area (Å²) in [6, 6.07) is 0.146. The number of nitrogens with two attached hydrogens (primary N) is 1. The Labute approximate surface area is 80.9 Å². The summed E-state index contributed by atoms with van der Waals surface area (Å²) in [6.07, 6.45) is 2.73. The molecule has 1 aromatic heterocycles. The Balaban J connectivity index is 2.25. The molecule has 5 heteroatoms. The summed E-state index contributed by atoms with van der Waals surface area (Å²) < 4.78 is 5.22. The molecule has 1 aliphatic carbocycles. The predicted octanol–water partition coefficient (Wildman–Crippen LogP) is 1.15. The largest absolute Gasteiger partial charge is 0.481 e. The van der Waals surface area contributed by atoms with Crippen LogP contribution in [0.5, 0.6) is 0 Å². The van der Waals surface area contributed by atoms with E-state index in [1.54, 1.807) is 0 Å². The van der Waals surface area contributed by atoms with Crippen LogP contribution in [0.4, 0.5) is 6.01 Å². The lowest BCUT2D eigenvalue weighted by atomic mass is 9.88. The van der Waals surface area contributed by atoms with Gasteiger partial charge in [-0.05, 0) is 19.3 Å². The van der Waals surface area contributed by atoms with E-state index in [0.717, 1.165) is 25.0 Å². The zero-order valence-electron chi connectivity index (χ0n) is 7.69. The quantitative estimate of drug-likeness (QED) is 0.740. The van der Waals surface area contributed by atoms with Gasteiger partial charge in [-0.15, -0.1) is 0 Å². The second-order valence-corrected chi connectivity index (χ2v) is 3.55. The smallest absolute Gasteiger partial charge is 0.304 e. The molecule has 0 bridgehead atoms. The fourth-order valence-corrected chi connectivity index (χ4v) is 1.93. The van der Waals surface area contributed by atoms with Gasteiger partial charge in [-0.25, -0.2) is 0 Å². The van der Waals surface area contributed by atoms with Crippen LogP contribution in [0.15, 0.2) is 4.42 Å². The average molecular weight is 196 g/mol. The molecule has 3 N–H and O–H groups in total. The molecule has 0 saturated heterocycles. The summed E-state index contributed by atoms with van der Waals surface area (Å²) in [5, 5.41) is 8.70. The van der Waals surface area contributed by atoms with Crippen molar-refractivity contribution in [2.24, 2.45) is 0 Å². The zero-order valence-corrected chi connectivity index (χ0v) is 7.69. The number of aliphatic carboxylic acids is 1. The molecule has 0 spiro atoms. The van der Waals surface area contributed by atoms with Gasteiger partial charge in [0.1, 0.15) is 5.76 Å². The van der Waals surface area contributed by atoms with Crippen molar-refractivity contribution in [3.8, 4) is 0 Å². The van der Waals surface area contributed by atoms with Crippen molar-refractivity contribution in [2.45, 2.75) is 31.6 Å². The van der Waals surface area contributed by atoms with E-state index in [2.05, 4.69) is 4.98 Å². The minimum atomic E-state index is -0.808. The van der Waals surface area contributed by atoms with Gasteiger partial charge in [0.15, 0.2) is 0 Å². The van der Waals surface area contributed by atoms with E-state index in [0.29, 0.717) is 5.76 Å². The third-order valence-corrected chi connectivity index (χ3v) is 2.50. The van der Waals surface area contributed by atoms with Crippen LogP contribution in [0.25, 0.3) is 0 Å². The van der Waals surface area contributed by atoms with Crippen LogP contribution < -0.4 is 5.73 Å². The fraction of sp³-hybridized carbons (Fsp3) is 0.556. The number of nitrogen functional groups attached to an aromatic ring is 1. The van der Waals surface area contributed by atoms with E-state index >= 15 is 0 Å². The highest BCUT2D eigenvalue weighted by Gasteiger charge is 2.27. The van der Waals surface area contributed by atoms with Crippen LogP contribution in [0.1, 0.15) is 36.6 Å². The summed E-state index contributed by atoms with van der Waals surface area (Å²) in [6.45, 7) is 0. The van der Waals surface area contributed by atoms with Crippen molar-refractivity contribution in [3.63, 3.8) is 0 Å². The van der Waals surface area contributed by atoms with Crippen LogP contribution >= 0.6 is 0 Å². The molecular formula is C9H12N2O3. The first-order chi connectivity index (χ1) is 6.66. The molecule has 0 amide bonds. The number of carbonyl (C=O) groups is 1. The Bertz CT molecular complexity index is 359. The zero-order chi connectivity index (χ0) is 10.1. The topological polar surface area (TPSA) is 89.4 Å². The maximum absolute atomic E-state index is 10.6. The lowest BCUT2D eigenvalue weighted by molar-refractivity contribution is -0.137. The molecule has 0 aliphatic heterocycles. The van der Waals surface area contributed by atoms with Crippen LogP contribution in [0.3, 0.4) is 0 Å². The molecule has 1 aliphatic rings. The molecule has 1 atom stereocenters. The maximum Gasteiger partial charge on any atom is 0.304 e. The number of carboxylic acid groups (broad SMARTS) is 1. The van der Waals surface area contributed by atoms with E-state index in [1.807, 2.05) is 0 Å². The van der Waals surface area contributed by atoms with Gasteiger partial charge in [0.2, 0.25) is 0 Å². The Morgan fingerprint density at radius 3 is 3.21 bits per heavy atom. The van der Waals surface area contributed by atoms with E-state index in [9.17, 15) is 4.79 Å². The van der Waals surface area contributed by atoms with Crippen LogP contribution in [-0.4, -0.2) is 16.1 Å². The molecule has 2 rings (SSSR count). The fourth-order valence-electron chi connectivity index (χ4n) is 1.93. The molecular weight excluding hydrogens is 184 g/mol. The first kappa shape index (κ1) is 9.05. The highest BCUT2D eigenvalue weighted by molar-refractivity contribution is 5.68. The molecule has 76 valence electrons. The lowest BCUT2D eigenvalue weighted by Crippen LogP contribution is -2.12. The average Bonchev–Trinajstić information content (AvgIpc) is 2.45. The number of aryl methyl sites for hydroxylation is 1. The second kappa shape index (κ2) is 3.32. The number of hydrogen-bond donors (Lipinski definition) is 2. The molecule has 0 saturated carbocycles. The van der Waals surface area contributed by atoms with E-state index in [-0.39, 0.29) is 18.4 Å². The van der Waals surface area contributed by atoms with E-state index < -0.39 is 5.97 Å². The summed E-state index contributed by atoms with van der Waals surface area (Å²) in [7, 11) is 0. The molecule has 0 radical (unpaired) electrons. The van der Waals surface area contributed by atoms with Gasteiger partial charge in [-0.2, -0.15) is 4.98 Å². The Hall–Kier alpha value is -1.52. The summed E-state index contributed by atoms with van der Waals surface area (Å²) in [5.41, 5.74) is 6.26. The third kappa shape index (κ3) is 1.57. The van der Waals surface area contributed by atoms with Crippen molar-refractivity contribution in [1.29, 1.82) is 0 Å². The first-order valence-electron chi connectivity index (χ1n) is 4.63. The van der Waals surface area contributed by atoms with Crippen molar-refractivity contribution < 1.29 is 14.3 Å². The molecule has 1 heterocycles. The van der Waals surface area contributed by atoms with Crippen molar-refractivity contribution in [2.75, 3.05) is 5.73 Å². The standard InChI is InChI=1S/C9H12N2O3/c10-9-11-6-3-1-2-5(4-7(12)13)8(6)14-9/h5H,1-4H2,(H2,10,11)(H,12,13). The number of nitrogens with zero attached hydrogens (tertiary/aromatic N) is 1. The molecule has 0 fully saturated rings. The van der Waals surface area contributed by atoms with Gasteiger partial charge in [0.25, 0.3) is 6.01 Å². The number of hydrogen-bond acceptors (Lipinski definition) is 4. The molecule has 5 nitrogen and oxygen atoms in total. The Morgan fingerprint density at radius 2 is 2.50 bits per heavy atom. The highest BCUT2D eigenvalue weighted by atomic mass is 16.4. The van der Waals surface area contributed by atoms with Crippen molar-refractivity contribution >= 4 is 12.0 Å².